The smallest absolute Gasteiger partial charge is 0.270 e. The van der Waals surface area contributed by atoms with E-state index in [9.17, 15) is 4.79 Å². The highest BCUT2D eigenvalue weighted by Gasteiger charge is 2.17. The third kappa shape index (κ3) is 5.06. The van der Waals surface area contributed by atoms with Crippen molar-refractivity contribution < 1.29 is 4.79 Å². The van der Waals surface area contributed by atoms with Crippen molar-refractivity contribution in [1.82, 2.24) is 15.3 Å². The second-order valence-electron chi connectivity index (χ2n) is 6.57. The van der Waals surface area contributed by atoms with Gasteiger partial charge in [0.1, 0.15) is 17.3 Å². The molecule has 0 aliphatic carbocycles. The average Bonchev–Trinajstić information content (AvgIpc) is 2.45. The van der Waals surface area contributed by atoms with Crippen molar-refractivity contribution in [1.29, 1.82) is 0 Å². The predicted molar refractivity (Wildman–Crippen MR) is 93.1 cm³/mol. The Balaban J connectivity index is 2.20. The number of aromatic nitrogens is 2. The van der Waals surface area contributed by atoms with Crippen LogP contribution in [0.25, 0.3) is 0 Å². The Morgan fingerprint density at radius 3 is 2.35 bits per heavy atom. The largest absolute Gasteiger partial charge is 0.346 e. The van der Waals surface area contributed by atoms with E-state index in [1.807, 2.05) is 32.9 Å². The van der Waals surface area contributed by atoms with Crippen LogP contribution < -0.4 is 10.6 Å². The minimum absolute atomic E-state index is 0.201. The molecule has 122 valence electrons. The van der Waals surface area contributed by atoms with E-state index in [-0.39, 0.29) is 11.4 Å². The van der Waals surface area contributed by atoms with Crippen LogP contribution >= 0.6 is 0 Å². The topological polar surface area (TPSA) is 66.9 Å². The number of nitrogens with one attached hydrogen (secondary N) is 2. The number of benzene rings is 1. The number of aryl methyl sites for hydroxylation is 2. The summed E-state index contributed by atoms with van der Waals surface area (Å²) in [5.74, 6) is 0.965. The van der Waals surface area contributed by atoms with Gasteiger partial charge in [-0.15, -0.1) is 0 Å². The minimum Gasteiger partial charge on any atom is -0.346 e. The molecule has 0 unspecified atom stereocenters. The Morgan fingerprint density at radius 1 is 1.13 bits per heavy atom. The van der Waals surface area contributed by atoms with Crippen LogP contribution in [0.3, 0.4) is 0 Å². The first kappa shape index (κ1) is 16.9. The number of hydrogen-bond donors (Lipinski definition) is 2. The van der Waals surface area contributed by atoms with E-state index in [0.29, 0.717) is 17.3 Å². The summed E-state index contributed by atoms with van der Waals surface area (Å²) in [6.07, 6.45) is 1.00. The molecule has 23 heavy (non-hydrogen) atoms. The second-order valence-corrected chi connectivity index (χ2v) is 6.57. The Morgan fingerprint density at radius 2 is 1.78 bits per heavy atom. The van der Waals surface area contributed by atoms with Crippen molar-refractivity contribution in [3.05, 3.63) is 47.4 Å². The van der Waals surface area contributed by atoms with Crippen molar-refractivity contribution >= 4 is 17.4 Å². The Hall–Kier alpha value is -2.43. The van der Waals surface area contributed by atoms with E-state index in [1.54, 1.807) is 13.0 Å². The lowest BCUT2D eigenvalue weighted by molar-refractivity contribution is 0.0914. The van der Waals surface area contributed by atoms with Crippen molar-refractivity contribution in [2.24, 2.45) is 0 Å². The first-order chi connectivity index (χ1) is 10.8. The van der Waals surface area contributed by atoms with Crippen LogP contribution in [-0.4, -0.2) is 21.4 Å². The highest BCUT2D eigenvalue weighted by Crippen LogP contribution is 2.17. The van der Waals surface area contributed by atoms with Crippen LogP contribution in [0, 0.1) is 6.92 Å². The van der Waals surface area contributed by atoms with Gasteiger partial charge in [0.25, 0.3) is 5.91 Å². The summed E-state index contributed by atoms with van der Waals surface area (Å²) in [6, 6.07) is 9.82. The molecule has 0 saturated heterocycles. The number of nitrogens with zero attached hydrogens (tertiary/aromatic N) is 2. The quantitative estimate of drug-likeness (QED) is 0.905. The van der Waals surface area contributed by atoms with Crippen LogP contribution in [0.1, 0.15) is 49.6 Å². The fourth-order valence-corrected chi connectivity index (χ4v) is 2.12. The van der Waals surface area contributed by atoms with E-state index in [0.717, 1.165) is 12.1 Å². The molecule has 0 saturated carbocycles. The van der Waals surface area contributed by atoms with Gasteiger partial charge in [0.15, 0.2) is 0 Å². The minimum atomic E-state index is -0.306. The zero-order valence-electron chi connectivity index (χ0n) is 14.4. The molecule has 2 N–H and O–H groups in total. The molecule has 2 rings (SSSR count). The third-order valence-corrected chi connectivity index (χ3v) is 3.19. The van der Waals surface area contributed by atoms with Crippen LogP contribution in [0.4, 0.5) is 11.5 Å². The molecule has 0 aliphatic rings. The van der Waals surface area contributed by atoms with Crippen molar-refractivity contribution in [2.75, 3.05) is 5.32 Å². The van der Waals surface area contributed by atoms with Gasteiger partial charge in [0.05, 0.1) is 0 Å². The maximum absolute atomic E-state index is 12.3. The van der Waals surface area contributed by atoms with Gasteiger partial charge in [-0.25, -0.2) is 9.97 Å². The summed E-state index contributed by atoms with van der Waals surface area (Å²) in [7, 11) is 0. The monoisotopic (exact) mass is 312 g/mol. The molecule has 0 spiro atoms. The molecule has 0 atom stereocenters. The van der Waals surface area contributed by atoms with Crippen LogP contribution in [-0.2, 0) is 6.42 Å². The van der Waals surface area contributed by atoms with E-state index in [2.05, 4.69) is 39.7 Å². The van der Waals surface area contributed by atoms with Gasteiger partial charge in [0.2, 0.25) is 0 Å². The van der Waals surface area contributed by atoms with E-state index >= 15 is 0 Å². The molecule has 1 amide bonds. The molecule has 0 radical (unpaired) electrons. The van der Waals surface area contributed by atoms with Crippen LogP contribution in [0.15, 0.2) is 30.3 Å². The highest BCUT2D eigenvalue weighted by molar-refractivity contribution is 5.93. The zero-order valence-corrected chi connectivity index (χ0v) is 14.4. The molecular formula is C18H24N4O. The normalized spacial score (nSPS) is 11.2. The Labute approximate surface area is 137 Å². The van der Waals surface area contributed by atoms with Gasteiger partial charge in [-0.3, -0.25) is 4.79 Å². The number of hydrogen-bond acceptors (Lipinski definition) is 4. The van der Waals surface area contributed by atoms with Crippen LogP contribution in [0.5, 0.6) is 0 Å². The molecule has 0 bridgehead atoms. The van der Waals surface area contributed by atoms with Gasteiger partial charge >= 0.3 is 0 Å². The molecule has 5 nitrogen and oxygen atoms in total. The number of carbonyl (C=O) groups is 1. The summed E-state index contributed by atoms with van der Waals surface area (Å²) in [5, 5.41) is 6.13. The lowest BCUT2D eigenvalue weighted by Gasteiger charge is -2.20. The predicted octanol–water partition coefficient (Wildman–Crippen LogP) is 3.62. The zero-order chi connectivity index (χ0) is 17.0. The lowest BCUT2D eigenvalue weighted by atomic mass is 10.1. The van der Waals surface area contributed by atoms with Crippen molar-refractivity contribution in [3.63, 3.8) is 0 Å². The molecule has 1 aromatic carbocycles. The molecule has 1 heterocycles. The lowest BCUT2D eigenvalue weighted by Crippen LogP contribution is -2.41. The molecule has 0 fully saturated rings. The fourth-order valence-electron chi connectivity index (χ4n) is 2.12. The molecular weight excluding hydrogens is 288 g/mol. The summed E-state index contributed by atoms with van der Waals surface area (Å²) < 4.78 is 0. The maximum atomic E-state index is 12.3. The maximum Gasteiger partial charge on any atom is 0.270 e. The van der Waals surface area contributed by atoms with Gasteiger partial charge in [-0.2, -0.15) is 0 Å². The van der Waals surface area contributed by atoms with Crippen LogP contribution in [0.2, 0.25) is 0 Å². The van der Waals surface area contributed by atoms with E-state index < -0.39 is 0 Å². The first-order valence-electron chi connectivity index (χ1n) is 7.81. The highest BCUT2D eigenvalue weighted by atomic mass is 16.2. The fraction of sp³-hybridized carbons (Fsp3) is 0.389. The summed E-state index contributed by atoms with van der Waals surface area (Å²) >= 11 is 0. The number of anilines is 2. The number of carbonyl (C=O) groups excluding carboxylic acids is 1. The molecule has 0 aliphatic heterocycles. The molecule has 1 aromatic heterocycles. The molecule has 2 aromatic rings. The average molecular weight is 312 g/mol. The Kier molecular flexibility index (Phi) is 4.98. The number of amides is 1. The Bertz CT molecular complexity index is 687. The standard InChI is InChI=1S/C18H24N4O/c1-6-13-7-9-14(10-8-13)21-16-11-15(19-12(2)20-16)17(23)22-18(3,4)5/h7-11H,6H2,1-5H3,(H,22,23)(H,19,20,21). The van der Waals surface area contributed by atoms with Gasteiger partial charge < -0.3 is 10.6 Å². The van der Waals surface area contributed by atoms with Crippen molar-refractivity contribution in [3.8, 4) is 0 Å². The third-order valence-electron chi connectivity index (χ3n) is 3.19. The van der Waals surface area contributed by atoms with E-state index in [4.69, 9.17) is 0 Å². The van der Waals surface area contributed by atoms with Crippen molar-refractivity contribution in [2.45, 2.75) is 46.6 Å². The SMILES string of the molecule is CCc1ccc(Nc2cc(C(=O)NC(C)(C)C)nc(C)n2)cc1. The molecule has 5 heteroatoms. The van der Waals surface area contributed by atoms with Gasteiger partial charge in [-0.1, -0.05) is 19.1 Å². The number of rotatable bonds is 4. The second kappa shape index (κ2) is 6.77. The van der Waals surface area contributed by atoms with Gasteiger partial charge in [0, 0.05) is 17.3 Å². The first-order valence-corrected chi connectivity index (χ1v) is 7.81. The summed E-state index contributed by atoms with van der Waals surface area (Å²) in [4.78, 5) is 20.8. The van der Waals surface area contributed by atoms with E-state index in [1.165, 1.54) is 5.56 Å². The van der Waals surface area contributed by atoms with Gasteiger partial charge in [-0.05, 0) is 51.8 Å². The summed E-state index contributed by atoms with van der Waals surface area (Å²) in [5.41, 5.74) is 2.27. The summed E-state index contributed by atoms with van der Waals surface area (Å²) in [6.45, 7) is 9.71.